The maximum atomic E-state index is 12.3. The fourth-order valence-electron chi connectivity index (χ4n) is 2.77. The quantitative estimate of drug-likeness (QED) is 0.728. The van der Waals surface area contributed by atoms with E-state index in [0.29, 0.717) is 17.4 Å². The van der Waals surface area contributed by atoms with E-state index in [9.17, 15) is 4.79 Å². The summed E-state index contributed by atoms with van der Waals surface area (Å²) < 4.78 is 0. The van der Waals surface area contributed by atoms with Crippen molar-refractivity contribution in [2.75, 3.05) is 31.6 Å². The molecular formula is C14H23Cl2N7O. The van der Waals surface area contributed by atoms with E-state index in [1.165, 1.54) is 6.33 Å². The molecule has 0 aromatic carbocycles. The SMILES string of the molecule is CC1CCNCC1NC(=O)CN(C)c1ncnc2nc[nH]c12.Cl.Cl. The van der Waals surface area contributed by atoms with Crippen LogP contribution in [0.25, 0.3) is 11.2 Å². The monoisotopic (exact) mass is 375 g/mol. The standard InChI is InChI=1S/C14H21N7O.2ClH/c1-9-3-4-15-5-10(9)20-11(22)6-21(2)14-12-13(17-7-16-12)18-8-19-14;;/h7-10,15H,3-6H2,1-2H3,(H,20,22)(H,16,17,18,19);2*1H. The number of hydrogen-bond acceptors (Lipinski definition) is 6. The van der Waals surface area contributed by atoms with E-state index >= 15 is 0 Å². The number of imidazole rings is 1. The number of rotatable bonds is 4. The number of amides is 1. The second kappa shape index (κ2) is 9.00. The number of H-pyrrole nitrogens is 1. The fourth-order valence-corrected chi connectivity index (χ4v) is 2.77. The highest BCUT2D eigenvalue weighted by molar-refractivity contribution is 5.87. The lowest BCUT2D eigenvalue weighted by Crippen LogP contribution is -2.52. The first-order valence-electron chi connectivity index (χ1n) is 7.50. The molecular weight excluding hydrogens is 353 g/mol. The Kier molecular flexibility index (Phi) is 7.65. The van der Waals surface area contributed by atoms with Crippen molar-refractivity contribution >= 4 is 47.7 Å². The Bertz CT molecular complexity index is 665. The molecule has 0 aliphatic carbocycles. The third-order valence-corrected chi connectivity index (χ3v) is 4.12. The van der Waals surface area contributed by atoms with Crippen LogP contribution in [-0.2, 0) is 4.79 Å². The van der Waals surface area contributed by atoms with Crippen LogP contribution in [0, 0.1) is 5.92 Å². The van der Waals surface area contributed by atoms with Crippen LogP contribution in [0.4, 0.5) is 5.82 Å². The minimum absolute atomic E-state index is 0. The average Bonchev–Trinajstić information content (AvgIpc) is 2.97. The van der Waals surface area contributed by atoms with Crippen LogP contribution in [0.1, 0.15) is 13.3 Å². The molecule has 2 atom stereocenters. The minimum Gasteiger partial charge on any atom is -0.350 e. The van der Waals surface area contributed by atoms with Crippen molar-refractivity contribution in [3.63, 3.8) is 0 Å². The van der Waals surface area contributed by atoms with Gasteiger partial charge in [0.25, 0.3) is 0 Å². The predicted octanol–water partition coefficient (Wildman–Crippen LogP) is 0.747. The Hall–Kier alpha value is -1.64. The molecule has 2 aromatic rings. The predicted molar refractivity (Wildman–Crippen MR) is 98.0 cm³/mol. The number of likely N-dealkylation sites (N-methyl/N-ethyl adjacent to an activating group) is 1. The number of halogens is 2. The normalized spacial score (nSPS) is 19.9. The van der Waals surface area contributed by atoms with Gasteiger partial charge in [-0.3, -0.25) is 4.79 Å². The number of piperidine rings is 1. The largest absolute Gasteiger partial charge is 0.350 e. The molecule has 3 rings (SSSR count). The number of aromatic nitrogens is 4. The smallest absolute Gasteiger partial charge is 0.239 e. The molecule has 1 amide bonds. The topological polar surface area (TPSA) is 98.8 Å². The van der Waals surface area contributed by atoms with Gasteiger partial charge in [0.2, 0.25) is 5.91 Å². The summed E-state index contributed by atoms with van der Waals surface area (Å²) >= 11 is 0. The fraction of sp³-hybridized carbons (Fsp3) is 0.571. The van der Waals surface area contributed by atoms with Crippen LogP contribution in [0.15, 0.2) is 12.7 Å². The summed E-state index contributed by atoms with van der Waals surface area (Å²) in [5, 5.41) is 6.41. The Morgan fingerprint density at radius 3 is 2.92 bits per heavy atom. The molecule has 24 heavy (non-hydrogen) atoms. The lowest BCUT2D eigenvalue weighted by atomic mass is 9.95. The summed E-state index contributed by atoms with van der Waals surface area (Å²) in [6, 6.07) is 0.187. The first kappa shape index (κ1) is 20.4. The molecule has 3 N–H and O–H groups in total. The second-order valence-corrected chi connectivity index (χ2v) is 5.80. The molecule has 2 unspecified atom stereocenters. The van der Waals surface area contributed by atoms with Crippen LogP contribution in [-0.4, -0.2) is 58.6 Å². The number of anilines is 1. The molecule has 0 spiro atoms. The molecule has 10 heteroatoms. The summed E-state index contributed by atoms with van der Waals surface area (Å²) in [5.41, 5.74) is 1.34. The number of carbonyl (C=O) groups is 1. The van der Waals surface area contributed by atoms with E-state index < -0.39 is 0 Å². The number of fused-ring (bicyclic) bond motifs is 1. The van der Waals surface area contributed by atoms with Crippen LogP contribution in [0.2, 0.25) is 0 Å². The molecule has 1 aliphatic heterocycles. The van der Waals surface area contributed by atoms with Gasteiger partial charge in [0.1, 0.15) is 11.8 Å². The van der Waals surface area contributed by atoms with Gasteiger partial charge < -0.3 is 20.5 Å². The van der Waals surface area contributed by atoms with Crippen LogP contribution in [0.5, 0.6) is 0 Å². The van der Waals surface area contributed by atoms with Crippen molar-refractivity contribution < 1.29 is 4.79 Å². The molecule has 8 nitrogen and oxygen atoms in total. The van der Waals surface area contributed by atoms with Gasteiger partial charge in [-0.2, -0.15) is 0 Å². The van der Waals surface area contributed by atoms with E-state index in [1.807, 2.05) is 7.05 Å². The summed E-state index contributed by atoms with van der Waals surface area (Å²) in [6.07, 6.45) is 4.12. The Morgan fingerprint density at radius 2 is 2.17 bits per heavy atom. The first-order valence-corrected chi connectivity index (χ1v) is 7.50. The third-order valence-electron chi connectivity index (χ3n) is 4.12. The van der Waals surface area contributed by atoms with E-state index in [4.69, 9.17) is 0 Å². The lowest BCUT2D eigenvalue weighted by molar-refractivity contribution is -0.120. The summed E-state index contributed by atoms with van der Waals surface area (Å²) in [4.78, 5) is 29.5. The van der Waals surface area contributed by atoms with Gasteiger partial charge in [-0.25, -0.2) is 15.0 Å². The minimum atomic E-state index is -0.00525. The molecule has 1 aliphatic rings. The molecule has 1 saturated heterocycles. The van der Waals surface area contributed by atoms with Crippen molar-refractivity contribution in [2.45, 2.75) is 19.4 Å². The van der Waals surface area contributed by atoms with Gasteiger partial charge in [0, 0.05) is 19.6 Å². The van der Waals surface area contributed by atoms with E-state index in [0.717, 1.165) is 25.0 Å². The van der Waals surface area contributed by atoms with E-state index in [-0.39, 0.29) is 43.3 Å². The Labute approximate surface area is 153 Å². The number of nitrogens with one attached hydrogen (secondary N) is 3. The summed E-state index contributed by atoms with van der Waals surface area (Å²) in [7, 11) is 1.84. The molecule has 0 saturated carbocycles. The zero-order chi connectivity index (χ0) is 15.5. The molecule has 3 heterocycles. The zero-order valence-corrected chi connectivity index (χ0v) is 15.3. The highest BCUT2D eigenvalue weighted by Gasteiger charge is 2.23. The molecule has 2 aromatic heterocycles. The van der Waals surface area contributed by atoms with Crippen molar-refractivity contribution in [3.8, 4) is 0 Å². The lowest BCUT2D eigenvalue weighted by Gasteiger charge is -2.31. The van der Waals surface area contributed by atoms with E-state index in [1.54, 1.807) is 11.2 Å². The Morgan fingerprint density at radius 1 is 1.38 bits per heavy atom. The summed E-state index contributed by atoms with van der Waals surface area (Å²) in [6.45, 7) is 4.27. The molecule has 0 bridgehead atoms. The highest BCUT2D eigenvalue weighted by atomic mass is 35.5. The second-order valence-electron chi connectivity index (χ2n) is 5.80. The van der Waals surface area contributed by atoms with Crippen LogP contribution >= 0.6 is 24.8 Å². The van der Waals surface area contributed by atoms with Crippen LogP contribution in [0.3, 0.4) is 0 Å². The van der Waals surface area contributed by atoms with E-state index in [2.05, 4.69) is 37.5 Å². The zero-order valence-electron chi connectivity index (χ0n) is 13.7. The molecule has 1 fully saturated rings. The number of nitrogens with zero attached hydrogens (tertiary/aromatic N) is 4. The summed E-state index contributed by atoms with van der Waals surface area (Å²) in [5.74, 6) is 1.16. The Balaban J connectivity index is 0.00000144. The van der Waals surface area contributed by atoms with Crippen molar-refractivity contribution in [1.82, 2.24) is 30.6 Å². The maximum absolute atomic E-state index is 12.3. The van der Waals surface area contributed by atoms with Gasteiger partial charge in [0.15, 0.2) is 11.5 Å². The van der Waals surface area contributed by atoms with Crippen molar-refractivity contribution in [3.05, 3.63) is 12.7 Å². The third kappa shape index (κ3) is 4.46. The highest BCUT2D eigenvalue weighted by Crippen LogP contribution is 2.18. The van der Waals surface area contributed by atoms with Crippen LogP contribution < -0.4 is 15.5 Å². The van der Waals surface area contributed by atoms with Crippen molar-refractivity contribution in [1.29, 1.82) is 0 Å². The van der Waals surface area contributed by atoms with Gasteiger partial charge in [-0.05, 0) is 18.9 Å². The van der Waals surface area contributed by atoms with Gasteiger partial charge in [0.05, 0.1) is 12.9 Å². The first-order chi connectivity index (χ1) is 10.6. The van der Waals surface area contributed by atoms with Crippen molar-refractivity contribution in [2.24, 2.45) is 5.92 Å². The van der Waals surface area contributed by atoms with Gasteiger partial charge in [-0.1, -0.05) is 6.92 Å². The molecule has 0 radical (unpaired) electrons. The average molecular weight is 376 g/mol. The molecule has 134 valence electrons. The number of carbonyl (C=O) groups excluding carboxylic acids is 1. The number of aromatic amines is 1. The number of hydrogen-bond donors (Lipinski definition) is 3. The maximum Gasteiger partial charge on any atom is 0.239 e. The van der Waals surface area contributed by atoms with Gasteiger partial charge in [-0.15, -0.1) is 24.8 Å². The van der Waals surface area contributed by atoms with Gasteiger partial charge >= 0.3 is 0 Å².